The van der Waals surface area contributed by atoms with Gasteiger partial charge in [-0.3, -0.25) is 14.2 Å². The van der Waals surface area contributed by atoms with Gasteiger partial charge in [-0.2, -0.15) is 0 Å². The highest BCUT2D eigenvalue weighted by Crippen LogP contribution is 2.17. The number of amides is 1. The van der Waals surface area contributed by atoms with Crippen LogP contribution in [0.3, 0.4) is 0 Å². The summed E-state index contributed by atoms with van der Waals surface area (Å²) >= 11 is 0. The van der Waals surface area contributed by atoms with Gasteiger partial charge < -0.3 is 9.64 Å². The molecule has 7 nitrogen and oxygen atoms in total. The minimum absolute atomic E-state index is 0.0550. The fourth-order valence-electron chi connectivity index (χ4n) is 2.32. The van der Waals surface area contributed by atoms with E-state index >= 15 is 0 Å². The Morgan fingerprint density at radius 3 is 3.00 bits per heavy atom. The maximum Gasteiger partial charge on any atom is 0.347 e. The van der Waals surface area contributed by atoms with Crippen LogP contribution in [0.2, 0.25) is 0 Å². The van der Waals surface area contributed by atoms with Crippen molar-refractivity contribution < 1.29 is 14.3 Å². The molecule has 1 aliphatic rings. The van der Waals surface area contributed by atoms with Gasteiger partial charge in [0.2, 0.25) is 5.91 Å². The summed E-state index contributed by atoms with van der Waals surface area (Å²) in [7, 11) is 1.35. The van der Waals surface area contributed by atoms with Crippen LogP contribution in [-0.4, -0.2) is 46.5 Å². The number of likely N-dealkylation sites (tertiary alicyclic amines) is 1. The number of hydrogen-bond acceptors (Lipinski definition) is 5. The van der Waals surface area contributed by atoms with Crippen molar-refractivity contribution in [3.8, 4) is 0 Å². The van der Waals surface area contributed by atoms with Gasteiger partial charge in [0.25, 0.3) is 0 Å². The predicted molar refractivity (Wildman–Crippen MR) is 69.8 cm³/mol. The lowest BCUT2D eigenvalue weighted by atomic mass is 9.98. The molecule has 1 atom stereocenters. The number of esters is 1. The molecular weight excluding hydrogens is 262 g/mol. The molecule has 108 valence electrons. The first-order chi connectivity index (χ1) is 9.61. The maximum absolute atomic E-state index is 12.2. The van der Waals surface area contributed by atoms with Crippen molar-refractivity contribution in [2.75, 3.05) is 20.2 Å². The van der Waals surface area contributed by atoms with Gasteiger partial charge in [-0.1, -0.05) is 0 Å². The molecule has 1 saturated heterocycles. The van der Waals surface area contributed by atoms with Gasteiger partial charge >= 0.3 is 11.7 Å². The SMILES string of the molecule is COC(=O)[C@H]1CCCN(C(=O)Cn2cccnc2=O)C1. The van der Waals surface area contributed by atoms with E-state index in [4.69, 9.17) is 4.74 Å². The summed E-state index contributed by atoms with van der Waals surface area (Å²) in [5, 5.41) is 0. The van der Waals surface area contributed by atoms with Crippen molar-refractivity contribution in [1.29, 1.82) is 0 Å². The summed E-state index contributed by atoms with van der Waals surface area (Å²) in [4.78, 5) is 40.3. The summed E-state index contributed by atoms with van der Waals surface area (Å²) in [6, 6.07) is 1.60. The van der Waals surface area contributed by atoms with Crippen LogP contribution in [0.4, 0.5) is 0 Å². The van der Waals surface area contributed by atoms with Gasteiger partial charge in [0.05, 0.1) is 13.0 Å². The molecule has 1 amide bonds. The predicted octanol–water partition coefficient (Wildman–Crippen LogP) is -0.345. The van der Waals surface area contributed by atoms with Gasteiger partial charge in [0.1, 0.15) is 6.54 Å². The van der Waals surface area contributed by atoms with Crippen molar-refractivity contribution in [2.24, 2.45) is 5.92 Å². The standard InChI is InChI=1S/C13H17N3O4/c1-20-12(18)10-4-2-6-15(8-10)11(17)9-16-7-3-5-14-13(16)19/h3,5,7,10H,2,4,6,8-9H2,1H3/t10-/m0/s1. The first-order valence-electron chi connectivity index (χ1n) is 6.49. The second kappa shape index (κ2) is 6.31. The Balaban J connectivity index is 2.01. The van der Waals surface area contributed by atoms with Gasteiger partial charge in [0.15, 0.2) is 0 Å². The minimum atomic E-state index is -0.456. The molecule has 0 radical (unpaired) electrons. The number of carbonyl (C=O) groups excluding carboxylic acids is 2. The molecule has 0 aliphatic carbocycles. The van der Waals surface area contributed by atoms with E-state index in [0.717, 1.165) is 12.8 Å². The molecule has 20 heavy (non-hydrogen) atoms. The van der Waals surface area contributed by atoms with E-state index in [1.807, 2.05) is 0 Å². The summed E-state index contributed by atoms with van der Waals surface area (Å²) in [5.41, 5.74) is -0.456. The average Bonchev–Trinajstić information content (AvgIpc) is 2.49. The van der Waals surface area contributed by atoms with E-state index in [0.29, 0.717) is 13.1 Å². The molecule has 0 aromatic carbocycles. The lowest BCUT2D eigenvalue weighted by Gasteiger charge is -2.31. The zero-order valence-corrected chi connectivity index (χ0v) is 11.3. The van der Waals surface area contributed by atoms with Crippen molar-refractivity contribution in [3.63, 3.8) is 0 Å². The van der Waals surface area contributed by atoms with Gasteiger partial charge in [0, 0.05) is 25.5 Å². The van der Waals surface area contributed by atoms with Crippen LogP contribution < -0.4 is 5.69 Å². The van der Waals surface area contributed by atoms with Crippen molar-refractivity contribution in [2.45, 2.75) is 19.4 Å². The van der Waals surface area contributed by atoms with Crippen LogP contribution >= 0.6 is 0 Å². The van der Waals surface area contributed by atoms with Crippen molar-refractivity contribution in [1.82, 2.24) is 14.5 Å². The number of aromatic nitrogens is 2. The Kier molecular flexibility index (Phi) is 4.49. The van der Waals surface area contributed by atoms with Crippen LogP contribution in [0.25, 0.3) is 0 Å². The molecule has 7 heteroatoms. The molecular formula is C13H17N3O4. The number of nitrogens with zero attached hydrogens (tertiary/aromatic N) is 3. The number of rotatable bonds is 3. The number of piperidine rings is 1. The number of carbonyl (C=O) groups is 2. The van der Waals surface area contributed by atoms with Gasteiger partial charge in [-0.25, -0.2) is 9.78 Å². The van der Waals surface area contributed by atoms with Crippen LogP contribution in [-0.2, 0) is 20.9 Å². The molecule has 0 N–H and O–H groups in total. The monoisotopic (exact) mass is 279 g/mol. The Hall–Kier alpha value is -2.18. The quantitative estimate of drug-likeness (QED) is 0.707. The normalized spacial score (nSPS) is 18.6. The van der Waals surface area contributed by atoms with Crippen molar-refractivity contribution >= 4 is 11.9 Å². The number of hydrogen-bond donors (Lipinski definition) is 0. The van der Waals surface area contributed by atoms with Crippen LogP contribution in [0, 0.1) is 5.92 Å². The van der Waals surface area contributed by atoms with E-state index in [2.05, 4.69) is 4.98 Å². The number of ether oxygens (including phenoxy) is 1. The van der Waals surface area contributed by atoms with Crippen LogP contribution in [0.15, 0.2) is 23.3 Å². The smallest absolute Gasteiger partial charge is 0.347 e. The van der Waals surface area contributed by atoms with E-state index < -0.39 is 5.69 Å². The first kappa shape index (κ1) is 14.2. The molecule has 2 rings (SSSR count). The third-order valence-electron chi connectivity index (χ3n) is 3.40. The summed E-state index contributed by atoms with van der Waals surface area (Å²) < 4.78 is 5.97. The molecule has 1 aliphatic heterocycles. The molecule has 0 bridgehead atoms. The molecule has 1 fully saturated rings. The Morgan fingerprint density at radius 1 is 1.50 bits per heavy atom. The first-order valence-corrected chi connectivity index (χ1v) is 6.49. The maximum atomic E-state index is 12.2. The van der Waals surface area contributed by atoms with E-state index in [1.165, 1.54) is 24.1 Å². The molecule has 0 saturated carbocycles. The van der Waals surface area contributed by atoms with Crippen LogP contribution in [0.5, 0.6) is 0 Å². The topological polar surface area (TPSA) is 81.5 Å². The Morgan fingerprint density at radius 2 is 2.30 bits per heavy atom. The van der Waals surface area contributed by atoms with Crippen LogP contribution in [0.1, 0.15) is 12.8 Å². The van der Waals surface area contributed by atoms with Gasteiger partial charge in [-0.05, 0) is 18.9 Å². The fraction of sp³-hybridized carbons (Fsp3) is 0.538. The minimum Gasteiger partial charge on any atom is -0.469 e. The average molecular weight is 279 g/mol. The summed E-state index contributed by atoms with van der Waals surface area (Å²) in [6.45, 7) is 0.891. The molecule has 1 aromatic rings. The Labute approximate surface area is 116 Å². The molecule has 1 aromatic heterocycles. The highest BCUT2D eigenvalue weighted by Gasteiger charge is 2.29. The lowest BCUT2D eigenvalue weighted by molar-refractivity contribution is -0.149. The third kappa shape index (κ3) is 3.23. The fourth-order valence-corrected chi connectivity index (χ4v) is 2.32. The summed E-state index contributed by atoms with van der Waals surface area (Å²) in [5.74, 6) is -0.752. The highest BCUT2D eigenvalue weighted by molar-refractivity contribution is 5.78. The van der Waals surface area contributed by atoms with Crippen molar-refractivity contribution in [3.05, 3.63) is 28.9 Å². The van der Waals surface area contributed by atoms with Gasteiger partial charge in [-0.15, -0.1) is 0 Å². The second-order valence-electron chi connectivity index (χ2n) is 4.73. The molecule has 0 unspecified atom stereocenters. The van der Waals surface area contributed by atoms with E-state index in [9.17, 15) is 14.4 Å². The largest absolute Gasteiger partial charge is 0.469 e. The highest BCUT2D eigenvalue weighted by atomic mass is 16.5. The third-order valence-corrected chi connectivity index (χ3v) is 3.40. The van der Waals surface area contributed by atoms with E-state index in [1.54, 1.807) is 11.0 Å². The van der Waals surface area contributed by atoms with E-state index in [-0.39, 0.29) is 24.3 Å². The molecule has 0 spiro atoms. The molecule has 2 heterocycles. The summed E-state index contributed by atoms with van der Waals surface area (Å²) in [6.07, 6.45) is 4.39. The zero-order chi connectivity index (χ0) is 14.5. The lowest BCUT2D eigenvalue weighted by Crippen LogP contribution is -2.44. The second-order valence-corrected chi connectivity index (χ2v) is 4.73. The Bertz CT molecular complexity index is 555. The number of methoxy groups -OCH3 is 1. The zero-order valence-electron chi connectivity index (χ0n) is 11.3.